The summed E-state index contributed by atoms with van der Waals surface area (Å²) in [5.41, 5.74) is 5.90. The van der Waals surface area contributed by atoms with Gasteiger partial charge in [0.2, 0.25) is 0 Å². The third-order valence-electron chi connectivity index (χ3n) is 5.98. The van der Waals surface area contributed by atoms with E-state index in [1.54, 1.807) is 14.2 Å². The van der Waals surface area contributed by atoms with E-state index < -0.39 is 0 Å². The van der Waals surface area contributed by atoms with Gasteiger partial charge in [-0.3, -0.25) is 4.90 Å². The fourth-order valence-corrected chi connectivity index (χ4v) is 4.61. The number of rotatable bonds is 3. The molecule has 2 aliphatic heterocycles. The van der Waals surface area contributed by atoms with E-state index in [0.717, 1.165) is 35.7 Å². The molecule has 5 rings (SSSR count). The summed E-state index contributed by atoms with van der Waals surface area (Å²) in [6, 6.07) is 19.5. The molecule has 148 valence electrons. The summed E-state index contributed by atoms with van der Waals surface area (Å²) in [7, 11) is 3.34. The van der Waals surface area contributed by atoms with Crippen LogP contribution in [0, 0.1) is 5.82 Å². The highest BCUT2D eigenvalue weighted by Crippen LogP contribution is 2.48. The first-order chi connectivity index (χ1) is 14.2. The van der Waals surface area contributed by atoms with Crippen molar-refractivity contribution >= 4 is 5.69 Å². The maximum absolute atomic E-state index is 13.5. The number of hydrogen-bond acceptors (Lipinski definition) is 4. The number of methoxy groups -OCH3 is 2. The van der Waals surface area contributed by atoms with Gasteiger partial charge >= 0.3 is 0 Å². The van der Waals surface area contributed by atoms with E-state index in [0.29, 0.717) is 0 Å². The Labute approximate surface area is 169 Å². The van der Waals surface area contributed by atoms with Crippen molar-refractivity contribution in [1.29, 1.82) is 0 Å². The largest absolute Gasteiger partial charge is 0.493 e. The molecule has 5 heteroatoms. The molecule has 0 bridgehead atoms. The number of ether oxygens (including phenoxy) is 2. The Kier molecular flexibility index (Phi) is 4.40. The Balaban J connectivity index is 1.67. The number of halogens is 1. The lowest BCUT2D eigenvalue weighted by Gasteiger charge is -2.47. The minimum Gasteiger partial charge on any atom is -0.493 e. The molecule has 2 heterocycles. The molecule has 3 aromatic rings. The van der Waals surface area contributed by atoms with Crippen LogP contribution >= 0.6 is 0 Å². The maximum Gasteiger partial charge on any atom is 0.161 e. The highest BCUT2D eigenvalue weighted by atomic mass is 19.1. The lowest BCUT2D eigenvalue weighted by atomic mass is 9.84. The number of anilines is 1. The van der Waals surface area contributed by atoms with Crippen LogP contribution in [0.25, 0.3) is 0 Å². The average molecular weight is 390 g/mol. The second kappa shape index (κ2) is 7.08. The van der Waals surface area contributed by atoms with Gasteiger partial charge in [-0.2, -0.15) is 0 Å². The summed E-state index contributed by atoms with van der Waals surface area (Å²) in [5, 5.41) is 3.66. The molecule has 0 amide bonds. The summed E-state index contributed by atoms with van der Waals surface area (Å²) >= 11 is 0. The smallest absolute Gasteiger partial charge is 0.161 e. The molecule has 0 radical (unpaired) electrons. The lowest BCUT2D eigenvalue weighted by Crippen LogP contribution is -2.45. The Morgan fingerprint density at radius 3 is 2.41 bits per heavy atom. The predicted octanol–water partition coefficient (Wildman–Crippen LogP) is 4.91. The SMILES string of the molecule is COc1cc2c(cc1OC)[C@@H]1c3ccccc3N[C@@H](c3ccc(F)cc3)N1CC2. The van der Waals surface area contributed by atoms with E-state index in [9.17, 15) is 4.39 Å². The van der Waals surface area contributed by atoms with Gasteiger partial charge in [0.1, 0.15) is 12.0 Å². The van der Waals surface area contributed by atoms with Crippen LogP contribution in [-0.2, 0) is 6.42 Å². The van der Waals surface area contributed by atoms with E-state index in [1.165, 1.54) is 28.8 Å². The zero-order valence-corrected chi connectivity index (χ0v) is 16.5. The summed E-state index contributed by atoms with van der Waals surface area (Å²) in [6.45, 7) is 0.885. The monoisotopic (exact) mass is 390 g/mol. The quantitative estimate of drug-likeness (QED) is 0.689. The summed E-state index contributed by atoms with van der Waals surface area (Å²) < 4.78 is 24.6. The number of fused-ring (bicyclic) bond motifs is 5. The fraction of sp³-hybridized carbons (Fsp3) is 0.250. The standard InChI is InChI=1S/C24H23FN2O2/c1-28-21-13-16-11-12-27-23(19(16)14-22(21)29-2)18-5-3-4-6-20(18)26-24(27)15-7-9-17(25)10-8-15/h3-10,13-14,23-24,26H,11-12H2,1-2H3/t23-,24+/m0/s1. The minimum absolute atomic E-state index is 0.0308. The van der Waals surface area contributed by atoms with Gasteiger partial charge in [-0.25, -0.2) is 4.39 Å². The van der Waals surface area contributed by atoms with Crippen LogP contribution in [0.1, 0.15) is 34.5 Å². The van der Waals surface area contributed by atoms with Gasteiger partial charge in [0.15, 0.2) is 11.5 Å². The molecule has 0 unspecified atom stereocenters. The number of nitrogens with zero attached hydrogens (tertiary/aromatic N) is 1. The summed E-state index contributed by atoms with van der Waals surface area (Å²) in [5.74, 6) is 1.28. The molecule has 0 fully saturated rings. The van der Waals surface area contributed by atoms with Gasteiger partial charge in [-0.1, -0.05) is 30.3 Å². The highest BCUT2D eigenvalue weighted by molar-refractivity contribution is 5.61. The van der Waals surface area contributed by atoms with Gasteiger partial charge in [-0.05, 0) is 59.0 Å². The van der Waals surface area contributed by atoms with Crippen molar-refractivity contribution in [2.24, 2.45) is 0 Å². The molecular weight excluding hydrogens is 367 g/mol. The molecule has 0 saturated heterocycles. The zero-order valence-electron chi connectivity index (χ0n) is 16.5. The third-order valence-corrected chi connectivity index (χ3v) is 5.98. The van der Waals surface area contributed by atoms with Gasteiger partial charge < -0.3 is 14.8 Å². The molecular formula is C24H23FN2O2. The maximum atomic E-state index is 13.5. The van der Waals surface area contributed by atoms with E-state index in [-0.39, 0.29) is 18.0 Å². The molecule has 1 N–H and O–H groups in total. The second-order valence-electron chi connectivity index (χ2n) is 7.48. The Hall–Kier alpha value is -3.05. The van der Waals surface area contributed by atoms with Crippen LogP contribution in [0.4, 0.5) is 10.1 Å². The number of para-hydroxylation sites is 1. The second-order valence-corrected chi connectivity index (χ2v) is 7.48. The summed E-state index contributed by atoms with van der Waals surface area (Å²) in [4.78, 5) is 2.45. The Bertz CT molecular complexity index is 1050. The van der Waals surface area contributed by atoms with Crippen LogP contribution in [0.15, 0.2) is 60.7 Å². The van der Waals surface area contributed by atoms with Crippen molar-refractivity contribution in [3.63, 3.8) is 0 Å². The normalized spacial score (nSPS) is 20.1. The van der Waals surface area contributed by atoms with Crippen molar-refractivity contribution in [2.45, 2.75) is 18.6 Å². The van der Waals surface area contributed by atoms with Crippen LogP contribution in [0.3, 0.4) is 0 Å². The van der Waals surface area contributed by atoms with Gasteiger partial charge in [0.25, 0.3) is 0 Å². The highest BCUT2D eigenvalue weighted by Gasteiger charge is 2.39. The van der Waals surface area contributed by atoms with Gasteiger partial charge in [0.05, 0.1) is 20.3 Å². The molecule has 2 atom stereocenters. The number of nitrogens with one attached hydrogen (secondary N) is 1. The summed E-state index contributed by atoms with van der Waals surface area (Å²) in [6.07, 6.45) is 0.880. The van der Waals surface area contributed by atoms with Crippen molar-refractivity contribution in [3.05, 3.63) is 88.7 Å². The first kappa shape index (κ1) is 18.0. The van der Waals surface area contributed by atoms with Crippen LogP contribution < -0.4 is 14.8 Å². The van der Waals surface area contributed by atoms with Gasteiger partial charge in [0, 0.05) is 12.2 Å². The predicted molar refractivity (Wildman–Crippen MR) is 111 cm³/mol. The van der Waals surface area contributed by atoms with Crippen LogP contribution in [0.2, 0.25) is 0 Å². The first-order valence-corrected chi connectivity index (χ1v) is 9.81. The van der Waals surface area contributed by atoms with E-state index in [1.807, 2.05) is 18.2 Å². The first-order valence-electron chi connectivity index (χ1n) is 9.81. The molecule has 2 aliphatic rings. The Morgan fingerprint density at radius 1 is 0.931 bits per heavy atom. The number of benzene rings is 3. The molecule has 0 saturated carbocycles. The zero-order chi connectivity index (χ0) is 20.0. The molecule has 4 nitrogen and oxygen atoms in total. The minimum atomic E-state index is -0.220. The van der Waals surface area contributed by atoms with Crippen LogP contribution in [0.5, 0.6) is 11.5 Å². The molecule has 0 aliphatic carbocycles. The van der Waals surface area contributed by atoms with E-state index >= 15 is 0 Å². The third kappa shape index (κ3) is 2.93. The average Bonchev–Trinajstić information content (AvgIpc) is 2.77. The van der Waals surface area contributed by atoms with Gasteiger partial charge in [-0.15, -0.1) is 0 Å². The molecule has 0 spiro atoms. The van der Waals surface area contributed by atoms with Crippen molar-refractivity contribution < 1.29 is 13.9 Å². The van der Waals surface area contributed by atoms with E-state index in [4.69, 9.17) is 9.47 Å². The molecule has 29 heavy (non-hydrogen) atoms. The Morgan fingerprint density at radius 2 is 1.66 bits per heavy atom. The fourth-order valence-electron chi connectivity index (χ4n) is 4.61. The van der Waals surface area contributed by atoms with Crippen molar-refractivity contribution in [2.75, 3.05) is 26.1 Å². The van der Waals surface area contributed by atoms with Crippen molar-refractivity contribution in [3.8, 4) is 11.5 Å². The van der Waals surface area contributed by atoms with Crippen LogP contribution in [-0.4, -0.2) is 25.7 Å². The van der Waals surface area contributed by atoms with E-state index in [2.05, 4.69) is 40.5 Å². The van der Waals surface area contributed by atoms with Crippen molar-refractivity contribution in [1.82, 2.24) is 4.90 Å². The topological polar surface area (TPSA) is 33.7 Å². The number of hydrogen-bond donors (Lipinski definition) is 1. The molecule has 3 aromatic carbocycles. The lowest BCUT2D eigenvalue weighted by molar-refractivity contribution is 0.153. The molecule has 0 aromatic heterocycles.